The topological polar surface area (TPSA) is 730 Å². The first-order valence-electron chi connectivity index (χ1n) is 38.8. The number of primary amides is 4. The van der Waals surface area contributed by atoms with E-state index in [9.17, 15) is 96.8 Å². The van der Waals surface area contributed by atoms with Crippen LogP contribution in [0.4, 0.5) is 0 Å². The number of nitrogens with one attached hydrogen (secondary N) is 14. The van der Waals surface area contributed by atoms with E-state index in [2.05, 4.69) is 84.1 Å². The molecule has 43 nitrogen and oxygen atoms in total. The summed E-state index contributed by atoms with van der Waals surface area (Å²) in [5, 5.41) is 63.0. The summed E-state index contributed by atoms with van der Waals surface area (Å²) in [4.78, 5) is 244. The third kappa shape index (κ3) is 35.3. The molecule has 19 atom stereocenters. The van der Waals surface area contributed by atoms with Crippen LogP contribution in [0.3, 0.4) is 0 Å². The second-order valence-electron chi connectivity index (χ2n) is 29.3. The van der Waals surface area contributed by atoms with Crippen LogP contribution < -0.4 is 109 Å². The van der Waals surface area contributed by atoms with Crippen molar-refractivity contribution in [1.82, 2.24) is 79.1 Å². The Labute approximate surface area is 678 Å². The van der Waals surface area contributed by atoms with Gasteiger partial charge >= 0.3 is 0 Å². The fourth-order valence-corrected chi connectivity index (χ4v) is 11.6. The Bertz CT molecular complexity index is 3700. The van der Waals surface area contributed by atoms with Crippen molar-refractivity contribution in [3.63, 3.8) is 0 Å². The number of hydrogen-bond acceptors (Lipinski definition) is 23. The van der Waals surface area contributed by atoms with Crippen molar-refractivity contribution in [1.29, 1.82) is 0 Å². The molecule has 0 saturated heterocycles. The van der Waals surface area contributed by atoms with Crippen molar-refractivity contribution in [3.05, 3.63) is 54.1 Å². The van der Waals surface area contributed by atoms with Gasteiger partial charge in [0.25, 0.3) is 0 Å². The number of nitrogens with zero attached hydrogens (tertiary/aromatic N) is 2. The molecule has 1 heterocycles. The van der Waals surface area contributed by atoms with Crippen LogP contribution in [0.15, 0.2) is 47.8 Å². The van der Waals surface area contributed by atoms with Crippen LogP contribution in [0.2, 0.25) is 0 Å². The molecule has 117 heavy (non-hydrogen) atoms. The molecule has 0 bridgehead atoms. The highest BCUT2D eigenvalue weighted by Crippen LogP contribution is 2.18. The molecule has 1 aromatic carbocycles. The predicted molar refractivity (Wildman–Crippen MR) is 424 cm³/mol. The van der Waals surface area contributed by atoms with Gasteiger partial charge in [0.05, 0.1) is 38.1 Å². The number of aliphatic hydroxyl groups is 3. The highest BCUT2D eigenvalue weighted by molar-refractivity contribution is 6.01. The lowest BCUT2D eigenvalue weighted by Gasteiger charge is -2.31. The molecule has 17 amide bonds. The first-order valence-corrected chi connectivity index (χ1v) is 38.8. The van der Waals surface area contributed by atoms with Crippen molar-refractivity contribution >= 4 is 106 Å². The minimum absolute atomic E-state index is 0.0439. The average molecular weight is 1650 g/mol. The molecule has 0 fully saturated rings. The number of aromatic amines is 1. The van der Waals surface area contributed by atoms with Crippen molar-refractivity contribution in [2.24, 2.45) is 74.7 Å². The standard InChI is InChI=1S/C74H123N23O20/c1-12-36(7)55(93-64(108)46(28-41-20-17-16-18-21-41)87-62(106)44(22-19-27-83-74(80)81)85-61(105)43(75)23-25-51(76)101)69(113)88-47(29-42-31-82-34-84-42)65(109)94-57(38(9)14-3)71(115)92-54(35(5)6)68(112)86-45(24-26-52(77)102)63(107)91-50(33-99)67(111)95-58(39(10)15-4)72(116)96-56(37(8)13-2)70(114)89-48(30-53(78)103)66(110)97-59(40(11)100)73(117)90-49(32-98)60(79)104/h16-18,20-21,31,34-40,43-50,54-59,98-100H,12-15,19,22-30,32-33,75H2,1-11H3,(H2,76,101)(H2,77,102)(H2,78,103)(H2,79,104)(H,82,84)(H,85,105)(H,86,112)(H,87,106)(H,88,113)(H,89,114)(H,90,117)(H,91,107)(H,92,115)(H,93,108)(H,94,109)(H,95,111)(H,96,116)(H,97,110)(H4,80,81,83)/t36-,37-,38-,39-,40+,43-,44-,45-,46-,47-,48-,49-,50-,54-,55-,56-,57-,58-,59-/m0/s1. The van der Waals surface area contributed by atoms with Crippen LogP contribution in [0.5, 0.6) is 0 Å². The van der Waals surface area contributed by atoms with Crippen LogP contribution in [0.1, 0.15) is 158 Å². The number of amides is 17. The monoisotopic (exact) mass is 1650 g/mol. The van der Waals surface area contributed by atoms with Crippen LogP contribution >= 0.6 is 0 Å². The van der Waals surface area contributed by atoms with E-state index >= 15 is 0 Å². The van der Waals surface area contributed by atoms with Gasteiger partial charge in [0.2, 0.25) is 100 Å². The van der Waals surface area contributed by atoms with Crippen LogP contribution in [0, 0.1) is 29.6 Å². The van der Waals surface area contributed by atoms with Crippen molar-refractivity contribution in [3.8, 4) is 0 Å². The largest absolute Gasteiger partial charge is 0.394 e. The molecule has 0 radical (unpaired) electrons. The Morgan fingerprint density at radius 3 is 1.20 bits per heavy atom. The van der Waals surface area contributed by atoms with Gasteiger partial charge in [-0.1, -0.05) is 125 Å². The Kier molecular flexibility index (Phi) is 44.7. The SMILES string of the molecule is CC[C@H](C)[C@H](NC(=O)[C@H](Cc1ccccc1)NC(=O)[C@H](CCCN=C(N)N)NC(=O)[C@@H](N)CCC(N)=O)C(=O)N[C@@H](Cc1cnc[nH]1)C(=O)N[C@H](C(=O)N[C@H](C(=O)N[C@@H](CCC(N)=O)C(=O)N[C@@H](CO)C(=O)N[C@H](C(=O)N[C@H](C(=O)N[C@@H](CC(N)=O)C(=O)N[C@H](C(=O)N[C@@H](CO)C(N)=O)[C@@H](C)O)[C@@H](C)CC)[C@@H](C)CC)C(C)C)[C@@H](C)CC. The van der Waals surface area contributed by atoms with E-state index in [0.29, 0.717) is 11.3 Å². The van der Waals surface area contributed by atoms with Crippen molar-refractivity contribution in [2.75, 3.05) is 19.8 Å². The first kappa shape index (κ1) is 102. The maximum atomic E-state index is 14.9. The number of carbonyl (C=O) groups is 17. The molecule has 0 saturated carbocycles. The van der Waals surface area contributed by atoms with Gasteiger partial charge in [0, 0.05) is 44.1 Å². The highest BCUT2D eigenvalue weighted by atomic mass is 16.3. The maximum absolute atomic E-state index is 14.9. The molecule has 0 aliphatic heterocycles. The minimum atomic E-state index is -1.90. The maximum Gasteiger partial charge on any atom is 0.245 e. The zero-order valence-electron chi connectivity index (χ0n) is 68.1. The number of aliphatic hydroxyl groups excluding tert-OH is 3. The average Bonchev–Trinajstić information content (AvgIpc) is 1.42. The van der Waals surface area contributed by atoms with E-state index in [-0.39, 0.29) is 76.7 Å². The molecule has 2 aromatic rings. The lowest BCUT2D eigenvalue weighted by atomic mass is 9.94. The van der Waals surface area contributed by atoms with E-state index < -0.39 is 253 Å². The molecule has 654 valence electrons. The van der Waals surface area contributed by atoms with E-state index in [1.165, 1.54) is 40.2 Å². The Morgan fingerprint density at radius 2 is 0.769 bits per heavy atom. The molecule has 1 aromatic heterocycles. The van der Waals surface area contributed by atoms with Crippen LogP contribution in [-0.4, -0.2) is 242 Å². The number of aromatic nitrogens is 2. The lowest BCUT2D eigenvalue weighted by molar-refractivity contribution is -0.138. The highest BCUT2D eigenvalue weighted by Gasteiger charge is 2.41. The normalized spacial score (nSPS) is 16.1. The summed E-state index contributed by atoms with van der Waals surface area (Å²) in [7, 11) is 0. The molecule has 0 aliphatic rings. The summed E-state index contributed by atoms with van der Waals surface area (Å²) in [6.45, 7) is 15.2. The number of nitrogens with two attached hydrogens (primary N) is 7. The molecule has 31 N–H and O–H groups in total. The summed E-state index contributed by atoms with van der Waals surface area (Å²) >= 11 is 0. The second kappa shape index (κ2) is 51.5. The molecule has 43 heteroatoms. The van der Waals surface area contributed by atoms with Gasteiger partial charge in [-0.15, -0.1) is 0 Å². The number of imidazole rings is 1. The zero-order chi connectivity index (χ0) is 88.7. The first-order chi connectivity index (χ1) is 55.0. The fourth-order valence-electron chi connectivity index (χ4n) is 11.6. The van der Waals surface area contributed by atoms with Crippen molar-refractivity contribution in [2.45, 2.75) is 250 Å². The van der Waals surface area contributed by atoms with Gasteiger partial charge < -0.3 is 130 Å². The van der Waals surface area contributed by atoms with E-state index in [1.807, 2.05) is 0 Å². The number of H-pyrrole nitrogens is 1. The van der Waals surface area contributed by atoms with Gasteiger partial charge in [-0.25, -0.2) is 4.98 Å². The van der Waals surface area contributed by atoms with Gasteiger partial charge in [-0.3, -0.25) is 86.5 Å². The Hall–Kier alpha value is -11.5. The molecular formula is C74H123N23O20. The number of aliphatic imine (C=N–C) groups is 1. The summed E-state index contributed by atoms with van der Waals surface area (Å²) in [5.41, 5.74) is 39.4. The Balaban J connectivity index is 2.53. The summed E-state index contributed by atoms with van der Waals surface area (Å²) in [6.07, 6.45) is -0.751. The predicted octanol–water partition coefficient (Wildman–Crippen LogP) is -8.02. The molecular weight excluding hydrogens is 1530 g/mol. The lowest BCUT2D eigenvalue weighted by Crippen LogP contribution is -2.63. The van der Waals surface area contributed by atoms with Gasteiger partial charge in [-0.05, 0) is 67.8 Å². The smallest absolute Gasteiger partial charge is 0.245 e. The number of rotatable bonds is 55. The van der Waals surface area contributed by atoms with Crippen LogP contribution in [-0.2, 0) is 94.3 Å². The molecule has 0 spiro atoms. The third-order valence-corrected chi connectivity index (χ3v) is 19.6. The number of guanidine groups is 1. The fraction of sp³-hybridized carbons (Fsp3) is 0.635. The van der Waals surface area contributed by atoms with E-state index in [1.54, 1.807) is 71.9 Å². The summed E-state index contributed by atoms with van der Waals surface area (Å²) < 4.78 is 0. The summed E-state index contributed by atoms with van der Waals surface area (Å²) in [5.74, 6) is -21.0. The van der Waals surface area contributed by atoms with Gasteiger partial charge in [-0.2, -0.15) is 0 Å². The number of benzene rings is 1. The third-order valence-electron chi connectivity index (χ3n) is 19.6. The van der Waals surface area contributed by atoms with Gasteiger partial charge in [0.1, 0.15) is 78.5 Å². The van der Waals surface area contributed by atoms with E-state index in [0.717, 1.165) is 6.92 Å². The quantitative estimate of drug-likeness (QED) is 0.0166. The number of hydrogen-bond donors (Lipinski definition) is 24. The minimum Gasteiger partial charge on any atom is -0.394 e. The van der Waals surface area contributed by atoms with Crippen molar-refractivity contribution < 1.29 is 96.8 Å². The Morgan fingerprint density at radius 1 is 0.410 bits per heavy atom. The molecule has 0 unspecified atom stereocenters. The van der Waals surface area contributed by atoms with Gasteiger partial charge in [0.15, 0.2) is 5.96 Å². The van der Waals surface area contributed by atoms with Crippen LogP contribution in [0.25, 0.3) is 0 Å². The second-order valence-corrected chi connectivity index (χ2v) is 29.3. The summed E-state index contributed by atoms with van der Waals surface area (Å²) in [6, 6.07) is -13.5. The molecule has 2 rings (SSSR count). The number of carbonyl (C=O) groups excluding carboxylic acids is 17. The molecule has 0 aliphatic carbocycles. The zero-order valence-corrected chi connectivity index (χ0v) is 68.1. The van der Waals surface area contributed by atoms with E-state index in [4.69, 9.17) is 40.1 Å².